The number of pyridine rings is 2. The Hall–Kier alpha value is -2.97. The highest BCUT2D eigenvalue weighted by Crippen LogP contribution is 2.39. The van der Waals surface area contributed by atoms with Crippen molar-refractivity contribution in [3.63, 3.8) is 0 Å². The molecule has 184 valence electrons. The fourth-order valence-electron chi connectivity index (χ4n) is 5.90. The van der Waals surface area contributed by atoms with E-state index in [9.17, 15) is 0 Å². The number of aromatic amines is 1. The number of fused-ring (bicyclic) bond motifs is 2. The Morgan fingerprint density at radius 1 is 1.14 bits per heavy atom. The maximum absolute atomic E-state index is 5.61. The van der Waals surface area contributed by atoms with Crippen LogP contribution in [0.3, 0.4) is 0 Å². The van der Waals surface area contributed by atoms with Gasteiger partial charge in [-0.05, 0) is 56.2 Å². The zero-order chi connectivity index (χ0) is 23.9. The molecule has 4 aromatic rings. The Bertz CT molecular complexity index is 1340. The van der Waals surface area contributed by atoms with E-state index in [0.29, 0.717) is 35.3 Å². The van der Waals surface area contributed by atoms with Gasteiger partial charge < -0.3 is 19.8 Å². The van der Waals surface area contributed by atoms with Crippen molar-refractivity contribution in [1.29, 1.82) is 0 Å². The fraction of sp³-hybridized carbons (Fsp3) is 0.519. The van der Waals surface area contributed by atoms with Crippen LogP contribution in [-0.2, 0) is 4.74 Å². The summed E-state index contributed by atoms with van der Waals surface area (Å²) in [6.45, 7) is 6.23. The Kier molecular flexibility index (Phi) is 5.94. The van der Waals surface area contributed by atoms with E-state index in [1.807, 2.05) is 12.3 Å². The van der Waals surface area contributed by atoms with E-state index in [2.05, 4.69) is 46.4 Å². The molecule has 0 spiro atoms. The van der Waals surface area contributed by atoms with E-state index < -0.39 is 0 Å². The van der Waals surface area contributed by atoms with Crippen molar-refractivity contribution in [3.8, 4) is 17.0 Å². The highest BCUT2D eigenvalue weighted by Gasteiger charge is 2.29. The molecule has 4 aromatic heterocycles. The molecule has 2 aliphatic rings. The molecule has 1 saturated carbocycles. The average Bonchev–Trinajstić information content (AvgIpc) is 3.61. The molecule has 1 saturated heterocycles. The molecule has 2 unspecified atom stereocenters. The van der Waals surface area contributed by atoms with Crippen molar-refractivity contribution in [2.75, 3.05) is 20.3 Å². The smallest absolute Gasteiger partial charge is 0.197 e. The lowest BCUT2D eigenvalue weighted by Gasteiger charge is -2.26. The van der Waals surface area contributed by atoms with Gasteiger partial charge in [0.2, 0.25) is 0 Å². The number of nitrogens with zero attached hydrogens (tertiary/aromatic N) is 4. The second-order valence-corrected chi connectivity index (χ2v) is 10.3. The zero-order valence-electron chi connectivity index (χ0n) is 20.8. The van der Waals surface area contributed by atoms with E-state index in [1.54, 1.807) is 18.0 Å². The van der Waals surface area contributed by atoms with Gasteiger partial charge in [-0.15, -0.1) is 0 Å². The quantitative estimate of drug-likeness (QED) is 0.417. The van der Waals surface area contributed by atoms with Crippen LogP contribution in [0.2, 0.25) is 0 Å². The molecule has 8 nitrogen and oxygen atoms in total. The summed E-state index contributed by atoms with van der Waals surface area (Å²) in [4.78, 5) is 13.2. The van der Waals surface area contributed by atoms with Crippen molar-refractivity contribution in [2.24, 2.45) is 0 Å². The molecule has 0 aromatic carbocycles. The second kappa shape index (κ2) is 9.24. The molecule has 8 heteroatoms. The van der Waals surface area contributed by atoms with Gasteiger partial charge in [0.25, 0.3) is 0 Å². The van der Waals surface area contributed by atoms with Crippen LogP contribution >= 0.6 is 0 Å². The average molecular weight is 475 g/mol. The van der Waals surface area contributed by atoms with E-state index in [0.717, 1.165) is 54.8 Å². The van der Waals surface area contributed by atoms with Crippen molar-refractivity contribution >= 4 is 16.7 Å². The SMILES string of the molecule is COc1cc(-c2[nH]c3ccc(C4CCC(NC5CCOCC5)C4)nc3c2C(C)C)cn2ncnc12. The second-order valence-electron chi connectivity index (χ2n) is 10.3. The highest BCUT2D eigenvalue weighted by atomic mass is 16.5. The third-order valence-electron chi connectivity index (χ3n) is 7.67. The number of nitrogens with one attached hydrogen (secondary N) is 2. The molecule has 1 aliphatic carbocycles. The molecule has 5 heterocycles. The molecule has 0 amide bonds. The topological polar surface area (TPSA) is 89.4 Å². The zero-order valence-corrected chi connectivity index (χ0v) is 20.8. The predicted molar refractivity (Wildman–Crippen MR) is 136 cm³/mol. The van der Waals surface area contributed by atoms with E-state index in [-0.39, 0.29) is 0 Å². The summed E-state index contributed by atoms with van der Waals surface area (Å²) in [6, 6.07) is 7.63. The van der Waals surface area contributed by atoms with E-state index in [4.69, 9.17) is 14.5 Å². The van der Waals surface area contributed by atoms with Crippen LogP contribution in [0.4, 0.5) is 0 Å². The Balaban J connectivity index is 1.32. The predicted octanol–water partition coefficient (Wildman–Crippen LogP) is 4.81. The molecule has 6 rings (SSSR count). The monoisotopic (exact) mass is 474 g/mol. The molecule has 0 bridgehead atoms. The van der Waals surface area contributed by atoms with Gasteiger partial charge in [0.05, 0.1) is 23.8 Å². The van der Waals surface area contributed by atoms with Gasteiger partial charge in [-0.25, -0.2) is 9.50 Å². The van der Waals surface area contributed by atoms with E-state index in [1.165, 1.54) is 24.1 Å². The number of ether oxygens (including phenoxy) is 2. The molecule has 0 radical (unpaired) electrons. The third-order valence-corrected chi connectivity index (χ3v) is 7.67. The van der Waals surface area contributed by atoms with Crippen LogP contribution in [0, 0.1) is 0 Å². The maximum Gasteiger partial charge on any atom is 0.197 e. The molecule has 2 atom stereocenters. The van der Waals surface area contributed by atoms with Gasteiger partial charge in [0.1, 0.15) is 6.33 Å². The first-order valence-corrected chi connectivity index (χ1v) is 12.8. The minimum atomic E-state index is 0.311. The Labute approximate surface area is 205 Å². The van der Waals surface area contributed by atoms with Gasteiger partial charge in [0.15, 0.2) is 11.4 Å². The Morgan fingerprint density at radius 3 is 2.80 bits per heavy atom. The summed E-state index contributed by atoms with van der Waals surface area (Å²) in [5.41, 5.74) is 7.39. The van der Waals surface area contributed by atoms with Crippen molar-refractivity contribution in [3.05, 3.63) is 42.0 Å². The minimum absolute atomic E-state index is 0.311. The van der Waals surface area contributed by atoms with Gasteiger partial charge in [-0.2, -0.15) is 5.10 Å². The standard InChI is InChI=1S/C27H34N6O2/c1-16(2)24-25(18-13-23(34-3)27-28-15-29-33(27)14-18)32-22-7-6-21(31-26(22)24)17-4-5-20(12-17)30-19-8-10-35-11-9-19/h6-7,13-17,19-20,30,32H,4-5,8-12H2,1-3H3. The lowest BCUT2D eigenvalue weighted by molar-refractivity contribution is 0.0750. The van der Waals surface area contributed by atoms with Gasteiger partial charge >= 0.3 is 0 Å². The van der Waals surface area contributed by atoms with Crippen LogP contribution in [0.1, 0.15) is 69.0 Å². The normalized spacial score (nSPS) is 21.5. The van der Waals surface area contributed by atoms with Crippen molar-refractivity contribution in [2.45, 2.75) is 69.9 Å². The van der Waals surface area contributed by atoms with Crippen LogP contribution in [0.15, 0.2) is 30.7 Å². The summed E-state index contributed by atoms with van der Waals surface area (Å²) in [5, 5.41) is 8.23. The lowest BCUT2D eigenvalue weighted by Crippen LogP contribution is -2.40. The Morgan fingerprint density at radius 2 is 2.00 bits per heavy atom. The molecule has 2 fully saturated rings. The first kappa shape index (κ1) is 22.5. The number of rotatable bonds is 6. The highest BCUT2D eigenvalue weighted by molar-refractivity contribution is 5.89. The summed E-state index contributed by atoms with van der Waals surface area (Å²) in [6.07, 6.45) is 9.37. The molecule has 35 heavy (non-hydrogen) atoms. The first-order valence-electron chi connectivity index (χ1n) is 12.8. The first-order chi connectivity index (χ1) is 17.1. The van der Waals surface area contributed by atoms with E-state index >= 15 is 0 Å². The largest absolute Gasteiger partial charge is 0.493 e. The summed E-state index contributed by atoms with van der Waals surface area (Å²) >= 11 is 0. The van der Waals surface area contributed by atoms with Crippen LogP contribution in [-0.4, -0.2) is 57.0 Å². The van der Waals surface area contributed by atoms with Gasteiger partial charge in [-0.3, -0.25) is 4.98 Å². The number of methoxy groups -OCH3 is 1. The fourth-order valence-corrected chi connectivity index (χ4v) is 5.90. The van der Waals surface area contributed by atoms with Crippen LogP contribution in [0.25, 0.3) is 27.9 Å². The number of aromatic nitrogens is 5. The summed E-state index contributed by atoms with van der Waals surface area (Å²) in [7, 11) is 1.67. The molecule has 1 aliphatic heterocycles. The van der Waals surface area contributed by atoms with Crippen molar-refractivity contribution in [1.82, 2.24) is 29.9 Å². The number of hydrogen-bond donors (Lipinski definition) is 2. The van der Waals surface area contributed by atoms with Crippen molar-refractivity contribution < 1.29 is 9.47 Å². The molecule has 2 N–H and O–H groups in total. The minimum Gasteiger partial charge on any atom is -0.493 e. The summed E-state index contributed by atoms with van der Waals surface area (Å²) < 4.78 is 12.9. The molecular weight excluding hydrogens is 440 g/mol. The number of H-pyrrole nitrogens is 1. The van der Waals surface area contributed by atoms with Crippen LogP contribution < -0.4 is 10.1 Å². The van der Waals surface area contributed by atoms with Gasteiger partial charge in [-0.1, -0.05) is 13.8 Å². The maximum atomic E-state index is 5.61. The third kappa shape index (κ3) is 4.19. The summed E-state index contributed by atoms with van der Waals surface area (Å²) in [5.74, 6) is 1.52. The number of hydrogen-bond acceptors (Lipinski definition) is 6. The molecular formula is C27H34N6O2. The van der Waals surface area contributed by atoms with Gasteiger partial charge in [0, 0.05) is 54.2 Å². The van der Waals surface area contributed by atoms with Crippen LogP contribution in [0.5, 0.6) is 5.75 Å². The lowest BCUT2D eigenvalue weighted by atomic mass is 9.97.